The molecular formula is C23H28ClN3O3S. The summed E-state index contributed by atoms with van der Waals surface area (Å²) in [6.45, 7) is 9.62. The zero-order valence-electron chi connectivity index (χ0n) is 18.3. The molecule has 0 bridgehead atoms. The molecule has 0 saturated heterocycles. The molecule has 0 spiro atoms. The summed E-state index contributed by atoms with van der Waals surface area (Å²) >= 11 is 1.25. The Balaban J connectivity index is 0.00000272. The molecule has 0 atom stereocenters. The van der Waals surface area contributed by atoms with Gasteiger partial charge in [0, 0.05) is 23.6 Å². The Morgan fingerprint density at radius 3 is 2.61 bits per heavy atom. The summed E-state index contributed by atoms with van der Waals surface area (Å²) < 4.78 is 21.8. The lowest BCUT2D eigenvalue weighted by molar-refractivity contribution is 0.171. The van der Waals surface area contributed by atoms with Gasteiger partial charge in [-0.1, -0.05) is 13.0 Å². The van der Waals surface area contributed by atoms with Crippen LogP contribution < -0.4 is 14.2 Å². The van der Waals surface area contributed by atoms with Crippen LogP contribution in [0.1, 0.15) is 23.6 Å². The van der Waals surface area contributed by atoms with E-state index in [0.29, 0.717) is 24.2 Å². The quantitative estimate of drug-likeness (QED) is 0.475. The van der Waals surface area contributed by atoms with Crippen LogP contribution >= 0.6 is 23.9 Å². The lowest BCUT2D eigenvalue weighted by Crippen LogP contribution is -2.20. The van der Waals surface area contributed by atoms with Crippen molar-refractivity contribution in [3.8, 4) is 33.8 Å². The second-order valence-corrected chi connectivity index (χ2v) is 8.25. The molecule has 2 heterocycles. The minimum Gasteiger partial charge on any atom is -0.486 e. The standard InChI is InChI=1S/C23H27N3O3S.ClH/c1-5-26(4)9-8-17-12-16(3)20(13-15(17)2)29-23-24-22(25-30-23)18-6-7-19-21(14-18)28-11-10-27-19;/h6-7,12-14H,5,8-11H2,1-4H3;1H. The molecule has 1 aliphatic rings. The van der Waals surface area contributed by atoms with Crippen LogP contribution in [-0.2, 0) is 6.42 Å². The largest absolute Gasteiger partial charge is 0.486 e. The Hall–Kier alpha value is -2.35. The van der Waals surface area contributed by atoms with E-state index in [2.05, 4.69) is 54.2 Å². The summed E-state index contributed by atoms with van der Waals surface area (Å²) in [5.74, 6) is 2.94. The fourth-order valence-electron chi connectivity index (χ4n) is 3.34. The first kappa shape index (κ1) is 23.3. The monoisotopic (exact) mass is 461 g/mol. The number of nitrogens with zero attached hydrogens (tertiary/aromatic N) is 3. The predicted octanol–water partition coefficient (Wildman–Crippen LogP) is 5.30. The molecule has 0 aliphatic carbocycles. The van der Waals surface area contributed by atoms with E-state index >= 15 is 0 Å². The zero-order chi connectivity index (χ0) is 21.1. The minimum absolute atomic E-state index is 0. The molecule has 31 heavy (non-hydrogen) atoms. The van der Waals surface area contributed by atoms with Gasteiger partial charge in [0.2, 0.25) is 0 Å². The highest BCUT2D eigenvalue weighted by atomic mass is 35.5. The van der Waals surface area contributed by atoms with Gasteiger partial charge in [-0.2, -0.15) is 9.36 Å². The molecule has 0 fully saturated rings. The van der Waals surface area contributed by atoms with Gasteiger partial charge in [0.1, 0.15) is 19.0 Å². The van der Waals surface area contributed by atoms with Gasteiger partial charge in [-0.25, -0.2) is 0 Å². The third kappa shape index (κ3) is 5.47. The molecular weight excluding hydrogens is 434 g/mol. The number of aromatic nitrogens is 2. The predicted molar refractivity (Wildman–Crippen MR) is 126 cm³/mol. The van der Waals surface area contributed by atoms with Gasteiger partial charge in [0.15, 0.2) is 17.3 Å². The molecule has 0 amide bonds. The summed E-state index contributed by atoms with van der Waals surface area (Å²) in [6, 6.07) is 10.1. The van der Waals surface area contributed by atoms with Crippen LogP contribution in [0.2, 0.25) is 0 Å². The maximum Gasteiger partial charge on any atom is 0.299 e. The number of benzene rings is 2. The molecule has 3 aromatic rings. The highest BCUT2D eigenvalue weighted by Gasteiger charge is 2.16. The van der Waals surface area contributed by atoms with Gasteiger partial charge in [-0.15, -0.1) is 12.4 Å². The number of rotatable bonds is 7. The number of halogens is 1. The van der Waals surface area contributed by atoms with Gasteiger partial charge < -0.3 is 19.1 Å². The number of likely N-dealkylation sites (N-methyl/N-ethyl adjacent to an activating group) is 1. The van der Waals surface area contributed by atoms with Crippen molar-refractivity contribution in [1.29, 1.82) is 0 Å². The fraction of sp³-hybridized carbons (Fsp3) is 0.391. The van der Waals surface area contributed by atoms with Crippen LogP contribution in [0, 0.1) is 13.8 Å². The van der Waals surface area contributed by atoms with Gasteiger partial charge in [0.25, 0.3) is 5.19 Å². The second kappa shape index (κ2) is 10.3. The van der Waals surface area contributed by atoms with E-state index < -0.39 is 0 Å². The summed E-state index contributed by atoms with van der Waals surface area (Å²) in [5, 5.41) is 0.529. The number of hydrogen-bond donors (Lipinski definition) is 0. The Kier molecular flexibility index (Phi) is 7.75. The molecule has 2 aromatic carbocycles. The number of fused-ring (bicyclic) bond motifs is 1. The molecule has 0 radical (unpaired) electrons. The van der Waals surface area contributed by atoms with Crippen molar-refractivity contribution < 1.29 is 14.2 Å². The lowest BCUT2D eigenvalue weighted by Gasteiger charge is -2.18. The van der Waals surface area contributed by atoms with E-state index in [1.54, 1.807) is 0 Å². The SMILES string of the molecule is CCN(C)CCc1cc(C)c(Oc2nc(-c3ccc4c(c3)OCCO4)ns2)cc1C.Cl. The van der Waals surface area contributed by atoms with Crippen LogP contribution in [0.25, 0.3) is 11.4 Å². The average Bonchev–Trinajstić information content (AvgIpc) is 3.23. The Morgan fingerprint density at radius 1 is 1.06 bits per heavy atom. The summed E-state index contributed by atoms with van der Waals surface area (Å²) in [6.07, 6.45) is 1.03. The third-order valence-electron chi connectivity index (χ3n) is 5.34. The fourth-order valence-corrected chi connectivity index (χ4v) is 3.91. The van der Waals surface area contributed by atoms with Crippen LogP contribution in [0.4, 0.5) is 0 Å². The summed E-state index contributed by atoms with van der Waals surface area (Å²) in [4.78, 5) is 6.89. The molecule has 6 nitrogen and oxygen atoms in total. The summed E-state index contributed by atoms with van der Waals surface area (Å²) in [5.41, 5.74) is 4.57. The Morgan fingerprint density at radius 2 is 1.84 bits per heavy atom. The molecule has 0 N–H and O–H groups in total. The van der Waals surface area contributed by atoms with Crippen molar-refractivity contribution in [2.24, 2.45) is 0 Å². The Bertz CT molecular complexity index is 1040. The first-order valence-electron chi connectivity index (χ1n) is 10.2. The van der Waals surface area contributed by atoms with Crippen LogP contribution in [-0.4, -0.2) is 47.6 Å². The highest BCUT2D eigenvalue weighted by molar-refractivity contribution is 7.07. The van der Waals surface area contributed by atoms with Gasteiger partial charge >= 0.3 is 0 Å². The third-order valence-corrected chi connectivity index (χ3v) is 5.94. The molecule has 8 heteroatoms. The van der Waals surface area contributed by atoms with Crippen molar-refractivity contribution >= 4 is 23.9 Å². The van der Waals surface area contributed by atoms with Crippen molar-refractivity contribution in [3.05, 3.63) is 47.0 Å². The van der Waals surface area contributed by atoms with Crippen LogP contribution in [0.15, 0.2) is 30.3 Å². The van der Waals surface area contributed by atoms with Crippen molar-refractivity contribution in [3.63, 3.8) is 0 Å². The van der Waals surface area contributed by atoms with Gasteiger partial charge in [-0.3, -0.25) is 0 Å². The number of aryl methyl sites for hydroxylation is 2. The van der Waals surface area contributed by atoms with E-state index in [1.807, 2.05) is 18.2 Å². The van der Waals surface area contributed by atoms with Gasteiger partial charge in [0.05, 0.1) is 0 Å². The smallest absolute Gasteiger partial charge is 0.299 e. The lowest BCUT2D eigenvalue weighted by atomic mass is 10.0. The van der Waals surface area contributed by atoms with E-state index in [4.69, 9.17) is 14.2 Å². The molecule has 166 valence electrons. The van der Waals surface area contributed by atoms with E-state index in [9.17, 15) is 0 Å². The van der Waals surface area contributed by atoms with Gasteiger partial charge in [-0.05, 0) is 74.8 Å². The number of ether oxygens (including phenoxy) is 3. The van der Waals surface area contributed by atoms with Crippen molar-refractivity contribution in [2.45, 2.75) is 27.2 Å². The molecule has 0 unspecified atom stereocenters. The molecule has 0 saturated carbocycles. The van der Waals surface area contributed by atoms with E-state index in [1.165, 1.54) is 22.7 Å². The van der Waals surface area contributed by atoms with Crippen molar-refractivity contribution in [1.82, 2.24) is 14.3 Å². The topological polar surface area (TPSA) is 56.7 Å². The molecule has 4 rings (SSSR count). The van der Waals surface area contributed by atoms with E-state index in [0.717, 1.165) is 47.9 Å². The summed E-state index contributed by atoms with van der Waals surface area (Å²) in [7, 11) is 2.15. The number of hydrogen-bond acceptors (Lipinski definition) is 7. The minimum atomic E-state index is 0. The molecule has 1 aliphatic heterocycles. The van der Waals surface area contributed by atoms with E-state index in [-0.39, 0.29) is 12.4 Å². The maximum absolute atomic E-state index is 6.09. The Labute approximate surface area is 193 Å². The highest BCUT2D eigenvalue weighted by Crippen LogP contribution is 2.36. The first-order valence-corrected chi connectivity index (χ1v) is 11.0. The van der Waals surface area contributed by atoms with Crippen LogP contribution in [0.5, 0.6) is 22.4 Å². The van der Waals surface area contributed by atoms with Crippen molar-refractivity contribution in [2.75, 3.05) is 33.4 Å². The normalized spacial score (nSPS) is 12.5. The second-order valence-electron chi connectivity index (χ2n) is 7.53. The first-order chi connectivity index (χ1) is 14.5. The molecule has 1 aromatic heterocycles. The average molecular weight is 462 g/mol. The van der Waals surface area contributed by atoms with Crippen LogP contribution in [0.3, 0.4) is 0 Å². The zero-order valence-corrected chi connectivity index (χ0v) is 19.9. The maximum atomic E-state index is 6.09.